The minimum Gasteiger partial charge on any atom is -0.463 e. The third-order valence-corrected chi connectivity index (χ3v) is 9.66. The molecule has 0 saturated carbocycles. The summed E-state index contributed by atoms with van der Waals surface area (Å²) in [6, 6.07) is 18.3. The molecule has 6 unspecified atom stereocenters. The van der Waals surface area contributed by atoms with Gasteiger partial charge < -0.3 is 34.3 Å². The number of unbranched alkanes of at least 4 members (excludes halogenated alkanes) is 10. The molecule has 3 N–H and O–H groups in total. The first-order valence-corrected chi connectivity index (χ1v) is 18.3. The highest BCUT2D eigenvalue weighted by molar-refractivity contribution is 6.06. The lowest BCUT2D eigenvalue weighted by Gasteiger charge is -2.39. The molecule has 1 aliphatic heterocycles. The van der Waals surface area contributed by atoms with Crippen LogP contribution in [0.5, 0.6) is 5.75 Å². The van der Waals surface area contributed by atoms with Crippen molar-refractivity contribution in [3.05, 3.63) is 54.6 Å². The Morgan fingerprint density at radius 3 is 1.88 bits per heavy atom. The van der Waals surface area contributed by atoms with Crippen molar-refractivity contribution in [1.82, 2.24) is 0 Å². The summed E-state index contributed by atoms with van der Waals surface area (Å²) in [6.07, 6.45) is 8.26. The van der Waals surface area contributed by atoms with E-state index in [0.29, 0.717) is 12.2 Å². The van der Waals surface area contributed by atoms with E-state index in [0.717, 1.165) is 98.6 Å². The van der Waals surface area contributed by atoms with Crippen molar-refractivity contribution in [2.45, 2.75) is 134 Å². The molecule has 1 heterocycles. The van der Waals surface area contributed by atoms with Crippen LogP contribution in [0.3, 0.4) is 0 Å². The van der Waals surface area contributed by atoms with E-state index in [2.05, 4.69) is 25.1 Å². The zero-order valence-corrected chi connectivity index (χ0v) is 29.3. The molecule has 0 bridgehead atoms. The molecule has 3 aromatic carbocycles. The van der Waals surface area contributed by atoms with Gasteiger partial charge in [0.1, 0.15) is 36.8 Å². The van der Waals surface area contributed by atoms with Crippen molar-refractivity contribution < 1.29 is 43.9 Å². The SMILES string of the molecule is CCCCCCC(CCCCCCCCCCC(=O)OCC1OC(OC)C(O)C(O)C1O)C(=O)Oc1c2ccccc2cc2ccccc12. The van der Waals surface area contributed by atoms with Gasteiger partial charge in [-0.3, -0.25) is 9.59 Å². The zero-order chi connectivity index (χ0) is 35.0. The predicted octanol–water partition coefficient (Wildman–Crippen LogP) is 7.38. The van der Waals surface area contributed by atoms with E-state index in [1.54, 1.807) is 0 Å². The minimum atomic E-state index is -1.45. The molecule has 0 spiro atoms. The molecule has 270 valence electrons. The lowest BCUT2D eigenvalue weighted by atomic mass is 9.94. The van der Waals surface area contributed by atoms with Gasteiger partial charge in [0.05, 0.1) is 5.92 Å². The maximum absolute atomic E-state index is 13.7. The second kappa shape index (κ2) is 20.6. The van der Waals surface area contributed by atoms with E-state index < -0.39 is 30.7 Å². The number of carbonyl (C=O) groups excluding carboxylic acids is 2. The largest absolute Gasteiger partial charge is 0.463 e. The van der Waals surface area contributed by atoms with Crippen molar-refractivity contribution in [1.29, 1.82) is 0 Å². The first-order chi connectivity index (χ1) is 23.8. The highest BCUT2D eigenvalue weighted by Gasteiger charge is 2.44. The topological polar surface area (TPSA) is 132 Å². The number of carbonyl (C=O) groups is 2. The van der Waals surface area contributed by atoms with Crippen molar-refractivity contribution >= 4 is 33.5 Å². The smallest absolute Gasteiger partial charge is 0.314 e. The van der Waals surface area contributed by atoms with Crippen molar-refractivity contribution in [3.8, 4) is 5.75 Å². The highest BCUT2D eigenvalue weighted by atomic mass is 16.7. The van der Waals surface area contributed by atoms with Crippen LogP contribution >= 0.6 is 0 Å². The van der Waals surface area contributed by atoms with E-state index in [-0.39, 0.29) is 30.9 Å². The first kappa shape index (κ1) is 38.7. The lowest BCUT2D eigenvalue weighted by molar-refractivity contribution is -0.295. The van der Waals surface area contributed by atoms with Gasteiger partial charge in [0.15, 0.2) is 6.29 Å². The second-order valence-electron chi connectivity index (χ2n) is 13.4. The van der Waals surface area contributed by atoms with Crippen LogP contribution in [0.2, 0.25) is 0 Å². The van der Waals surface area contributed by atoms with Crippen LogP contribution in [0.4, 0.5) is 0 Å². The van der Waals surface area contributed by atoms with Crippen LogP contribution in [-0.4, -0.2) is 71.7 Å². The summed E-state index contributed by atoms with van der Waals surface area (Å²) < 4.78 is 21.9. The fourth-order valence-corrected chi connectivity index (χ4v) is 6.68. The molecule has 9 heteroatoms. The Morgan fingerprint density at radius 1 is 0.735 bits per heavy atom. The van der Waals surface area contributed by atoms with Gasteiger partial charge in [-0.25, -0.2) is 0 Å². The molecule has 1 aliphatic rings. The number of esters is 2. The van der Waals surface area contributed by atoms with Crippen LogP contribution < -0.4 is 4.74 Å². The monoisotopic (exact) mass is 680 g/mol. The third kappa shape index (κ3) is 11.5. The van der Waals surface area contributed by atoms with Gasteiger partial charge in [0.2, 0.25) is 0 Å². The van der Waals surface area contributed by atoms with Gasteiger partial charge >= 0.3 is 11.9 Å². The Balaban J connectivity index is 1.14. The maximum Gasteiger partial charge on any atom is 0.314 e. The van der Waals surface area contributed by atoms with Crippen molar-refractivity contribution in [3.63, 3.8) is 0 Å². The average Bonchev–Trinajstić information content (AvgIpc) is 3.11. The molecule has 1 saturated heterocycles. The van der Waals surface area contributed by atoms with E-state index in [9.17, 15) is 24.9 Å². The number of rotatable bonds is 21. The number of benzene rings is 3. The molecule has 3 aromatic rings. The molecule has 0 radical (unpaired) electrons. The quantitative estimate of drug-likeness (QED) is 0.0456. The minimum absolute atomic E-state index is 0.111. The fourth-order valence-electron chi connectivity index (χ4n) is 6.68. The van der Waals surface area contributed by atoms with Crippen LogP contribution in [0.1, 0.15) is 103 Å². The fraction of sp³-hybridized carbons (Fsp3) is 0.600. The first-order valence-electron chi connectivity index (χ1n) is 18.3. The predicted molar refractivity (Wildman–Crippen MR) is 190 cm³/mol. The van der Waals surface area contributed by atoms with E-state index >= 15 is 0 Å². The summed E-state index contributed by atoms with van der Waals surface area (Å²) >= 11 is 0. The summed E-state index contributed by atoms with van der Waals surface area (Å²) in [4.78, 5) is 25.8. The molecule has 9 nitrogen and oxygen atoms in total. The molecular weight excluding hydrogens is 624 g/mol. The highest BCUT2D eigenvalue weighted by Crippen LogP contribution is 2.36. The molecule has 0 aromatic heterocycles. The Kier molecular flexibility index (Phi) is 16.2. The van der Waals surface area contributed by atoms with Gasteiger partial charge in [0, 0.05) is 24.3 Å². The standard InChI is InChI=1S/C40H56O9/c1-3-4-5-12-19-28(39(45)49-38-31-23-17-15-21-29(31)26-30-22-16-18-24-32(30)38)20-13-10-8-6-7-9-11-14-25-34(41)47-27-33-35(42)36(43)37(44)40(46-2)48-33/h15-18,21-24,26,28,33,35-37,40,42-44H,3-14,19-20,25,27H2,1-2H3. The Hall–Kier alpha value is -3.08. The molecule has 0 amide bonds. The maximum atomic E-state index is 13.7. The van der Waals surface area contributed by atoms with E-state index in [4.69, 9.17) is 18.9 Å². The normalized spacial score (nSPS) is 21.5. The summed E-state index contributed by atoms with van der Waals surface area (Å²) in [5, 5.41) is 34.0. The summed E-state index contributed by atoms with van der Waals surface area (Å²) in [5.41, 5.74) is 0. The molecule has 6 atom stereocenters. The number of hydrogen-bond donors (Lipinski definition) is 3. The Bertz CT molecular complexity index is 1390. The number of ether oxygens (including phenoxy) is 4. The van der Waals surface area contributed by atoms with Crippen molar-refractivity contribution in [2.75, 3.05) is 13.7 Å². The van der Waals surface area contributed by atoms with Crippen molar-refractivity contribution in [2.24, 2.45) is 5.92 Å². The van der Waals surface area contributed by atoms with Gasteiger partial charge in [0.25, 0.3) is 0 Å². The van der Waals surface area contributed by atoms with Crippen LogP contribution in [0.25, 0.3) is 21.5 Å². The van der Waals surface area contributed by atoms with Crippen LogP contribution in [0, 0.1) is 5.92 Å². The zero-order valence-electron chi connectivity index (χ0n) is 29.3. The number of aliphatic hydroxyl groups is 3. The van der Waals surface area contributed by atoms with Gasteiger partial charge in [-0.1, -0.05) is 126 Å². The van der Waals surface area contributed by atoms with Gasteiger partial charge in [-0.15, -0.1) is 0 Å². The summed E-state index contributed by atoms with van der Waals surface area (Å²) in [5.74, 6) is 0.0556. The molecule has 4 rings (SSSR count). The third-order valence-electron chi connectivity index (χ3n) is 9.66. The summed E-state index contributed by atoms with van der Waals surface area (Å²) in [7, 11) is 1.32. The second-order valence-corrected chi connectivity index (χ2v) is 13.4. The van der Waals surface area contributed by atoms with Crippen LogP contribution in [0.15, 0.2) is 54.6 Å². The Morgan fingerprint density at radius 2 is 1.29 bits per heavy atom. The number of aliphatic hydroxyl groups excluding tert-OH is 3. The van der Waals surface area contributed by atoms with Gasteiger partial charge in [-0.2, -0.15) is 0 Å². The molecule has 49 heavy (non-hydrogen) atoms. The lowest BCUT2D eigenvalue weighted by Crippen LogP contribution is -2.59. The average molecular weight is 681 g/mol. The molecular formula is C40H56O9. The van der Waals surface area contributed by atoms with E-state index in [1.165, 1.54) is 13.5 Å². The van der Waals surface area contributed by atoms with Gasteiger partial charge in [-0.05, 0) is 36.1 Å². The number of fused-ring (bicyclic) bond motifs is 2. The number of hydrogen-bond acceptors (Lipinski definition) is 9. The number of methoxy groups -OCH3 is 1. The molecule has 0 aliphatic carbocycles. The molecule has 1 fully saturated rings. The summed E-state index contributed by atoms with van der Waals surface area (Å²) in [6.45, 7) is 1.98. The Labute approximate surface area is 290 Å². The van der Waals surface area contributed by atoms with Crippen LogP contribution in [-0.2, 0) is 23.8 Å². The van der Waals surface area contributed by atoms with E-state index in [1.807, 2.05) is 36.4 Å².